The van der Waals surface area contributed by atoms with Gasteiger partial charge in [0, 0.05) is 19.8 Å². The van der Waals surface area contributed by atoms with Crippen LogP contribution in [-0.2, 0) is 16.6 Å². The zero-order valence-electron chi connectivity index (χ0n) is 13.8. The highest BCUT2D eigenvalue weighted by Gasteiger charge is 2.30. The van der Waals surface area contributed by atoms with Gasteiger partial charge in [-0.1, -0.05) is 0 Å². The molecule has 1 aliphatic rings. The number of hydrogen-bond donors (Lipinski definition) is 1. The van der Waals surface area contributed by atoms with Gasteiger partial charge >= 0.3 is 0 Å². The molecule has 12 nitrogen and oxygen atoms in total. The number of carboxylic acid groups (broad SMARTS) is 1. The number of amides is 1. The summed E-state index contributed by atoms with van der Waals surface area (Å²) < 4.78 is 8.97. The summed E-state index contributed by atoms with van der Waals surface area (Å²) in [6, 6.07) is 3.55. The van der Waals surface area contributed by atoms with E-state index in [4.69, 9.17) is 14.6 Å². The molecule has 0 radical (unpaired) electrons. The number of hydrogen-bond acceptors (Lipinski definition) is 8. The van der Waals surface area contributed by atoms with Crippen molar-refractivity contribution in [2.45, 2.75) is 6.10 Å². The minimum absolute atomic E-state index is 0.105. The average molecular weight is 360 g/mol. The maximum absolute atomic E-state index is 12.8. The first-order chi connectivity index (χ1) is 12.7. The summed E-state index contributed by atoms with van der Waals surface area (Å²) in [6.45, 7) is 1.08. The molecule has 1 unspecified atom stereocenters. The van der Waals surface area contributed by atoms with Crippen molar-refractivity contribution < 1.29 is 19.4 Å². The Morgan fingerprint density at radius 3 is 2.96 bits per heavy atom. The molecule has 3 aromatic rings. The highest BCUT2D eigenvalue weighted by atomic mass is 16.5. The molecule has 0 bridgehead atoms. The number of ether oxygens (including phenoxy) is 1. The van der Waals surface area contributed by atoms with Gasteiger partial charge in [-0.05, 0) is 22.6 Å². The monoisotopic (exact) mass is 360 g/mol. The Morgan fingerprint density at radius 2 is 2.23 bits per heavy atom. The first kappa shape index (κ1) is 17.4. The standard InChI is InChI=1S/C13H14N8O2.CH2O2/c1-19-12(16-17-18-19)10-7-20(5-6-23-10)13(22)9-3-2-4-21-8-14-15-11(9)21;2-1-3/h2-4,8,10H,5-7H2,1H3;1H,(H,2,3). The Morgan fingerprint density at radius 1 is 1.42 bits per heavy atom. The van der Waals surface area contributed by atoms with Crippen LogP contribution in [0.5, 0.6) is 0 Å². The Kier molecular flexibility index (Phi) is 5.12. The fourth-order valence-electron chi connectivity index (χ4n) is 2.69. The Balaban J connectivity index is 0.000000613. The minimum atomic E-state index is -0.342. The van der Waals surface area contributed by atoms with E-state index in [1.165, 1.54) is 0 Å². The van der Waals surface area contributed by atoms with Gasteiger partial charge < -0.3 is 14.7 Å². The zero-order chi connectivity index (χ0) is 18.5. The SMILES string of the molecule is Cn1nnnc1C1CN(C(=O)c2cccn3cnnc23)CCO1.O=CO. The normalized spacial score (nSPS) is 16.8. The second-order valence-corrected chi connectivity index (χ2v) is 5.36. The molecule has 0 spiro atoms. The molecule has 26 heavy (non-hydrogen) atoms. The smallest absolute Gasteiger partial charge is 0.290 e. The van der Waals surface area contributed by atoms with E-state index in [9.17, 15) is 4.79 Å². The number of carbonyl (C=O) groups excluding carboxylic acids is 1. The van der Waals surface area contributed by atoms with Crippen molar-refractivity contribution in [3.63, 3.8) is 0 Å². The molecule has 1 amide bonds. The lowest BCUT2D eigenvalue weighted by Gasteiger charge is -2.32. The van der Waals surface area contributed by atoms with E-state index in [-0.39, 0.29) is 18.5 Å². The first-order valence-electron chi connectivity index (χ1n) is 7.65. The van der Waals surface area contributed by atoms with Crippen LogP contribution in [0.15, 0.2) is 24.7 Å². The van der Waals surface area contributed by atoms with Crippen molar-refractivity contribution in [2.75, 3.05) is 19.7 Å². The molecule has 1 N–H and O–H groups in total. The molecule has 3 aromatic heterocycles. The number of aryl methyl sites for hydroxylation is 1. The summed E-state index contributed by atoms with van der Waals surface area (Å²) in [5, 5.41) is 26.1. The Labute approximate surface area is 147 Å². The molecule has 0 saturated carbocycles. The van der Waals surface area contributed by atoms with Gasteiger partial charge in [0.2, 0.25) is 0 Å². The van der Waals surface area contributed by atoms with Crippen molar-refractivity contribution in [3.05, 3.63) is 36.0 Å². The summed E-state index contributed by atoms with van der Waals surface area (Å²) in [6.07, 6.45) is 3.03. The Hall–Kier alpha value is -3.41. The van der Waals surface area contributed by atoms with Gasteiger partial charge in [0.1, 0.15) is 12.4 Å². The summed E-state index contributed by atoms with van der Waals surface area (Å²) in [5.74, 6) is 0.496. The van der Waals surface area contributed by atoms with Gasteiger partial charge in [0.15, 0.2) is 11.5 Å². The molecule has 1 aliphatic heterocycles. The molecule has 1 atom stereocenters. The molecule has 1 fully saturated rings. The van der Waals surface area contributed by atoms with Crippen molar-refractivity contribution >= 4 is 18.0 Å². The molecule has 136 valence electrons. The third kappa shape index (κ3) is 3.35. The van der Waals surface area contributed by atoms with E-state index in [0.717, 1.165) is 0 Å². The number of tetrazole rings is 1. The molecule has 4 rings (SSSR count). The number of aromatic nitrogens is 7. The predicted octanol–water partition coefficient (Wildman–Crippen LogP) is -0.833. The lowest BCUT2D eigenvalue weighted by atomic mass is 10.2. The third-order valence-corrected chi connectivity index (χ3v) is 3.85. The third-order valence-electron chi connectivity index (χ3n) is 3.85. The fraction of sp³-hybridized carbons (Fsp3) is 0.357. The molecule has 0 aliphatic carbocycles. The lowest BCUT2D eigenvalue weighted by Crippen LogP contribution is -2.43. The number of morpholine rings is 1. The van der Waals surface area contributed by atoms with E-state index in [1.54, 1.807) is 45.7 Å². The molecule has 1 saturated heterocycles. The number of pyridine rings is 1. The van der Waals surface area contributed by atoms with Crippen LogP contribution in [0.4, 0.5) is 0 Å². The van der Waals surface area contributed by atoms with E-state index in [2.05, 4.69) is 25.7 Å². The highest BCUT2D eigenvalue weighted by molar-refractivity contribution is 5.99. The fourth-order valence-corrected chi connectivity index (χ4v) is 2.69. The quantitative estimate of drug-likeness (QED) is 0.579. The number of fused-ring (bicyclic) bond motifs is 1. The maximum Gasteiger partial charge on any atom is 0.290 e. The van der Waals surface area contributed by atoms with Crippen molar-refractivity contribution in [1.82, 2.24) is 39.7 Å². The lowest BCUT2D eigenvalue weighted by molar-refractivity contribution is -0.122. The van der Waals surface area contributed by atoms with Crippen LogP contribution in [-0.4, -0.2) is 76.9 Å². The van der Waals surface area contributed by atoms with Gasteiger partial charge in [0.25, 0.3) is 12.4 Å². The largest absolute Gasteiger partial charge is 0.483 e. The van der Waals surface area contributed by atoms with Crippen LogP contribution in [0.2, 0.25) is 0 Å². The van der Waals surface area contributed by atoms with Crippen LogP contribution < -0.4 is 0 Å². The van der Waals surface area contributed by atoms with Gasteiger partial charge in [-0.3, -0.25) is 14.0 Å². The van der Waals surface area contributed by atoms with Gasteiger partial charge in [-0.15, -0.1) is 15.3 Å². The predicted molar refractivity (Wildman–Crippen MR) is 85.1 cm³/mol. The molecular weight excluding hydrogens is 344 g/mol. The maximum atomic E-state index is 12.8. The molecule has 12 heteroatoms. The average Bonchev–Trinajstić information content (AvgIpc) is 3.30. The van der Waals surface area contributed by atoms with Crippen LogP contribution >= 0.6 is 0 Å². The summed E-state index contributed by atoms with van der Waals surface area (Å²) in [4.78, 5) is 22.9. The van der Waals surface area contributed by atoms with Gasteiger partial charge in [-0.2, -0.15) is 0 Å². The van der Waals surface area contributed by atoms with Gasteiger partial charge in [0.05, 0.1) is 18.7 Å². The number of nitrogens with zero attached hydrogens (tertiary/aromatic N) is 8. The van der Waals surface area contributed by atoms with Crippen LogP contribution in [0, 0.1) is 0 Å². The van der Waals surface area contributed by atoms with Crippen molar-refractivity contribution in [2.24, 2.45) is 7.05 Å². The van der Waals surface area contributed by atoms with E-state index < -0.39 is 0 Å². The second kappa shape index (κ2) is 7.65. The van der Waals surface area contributed by atoms with E-state index in [0.29, 0.717) is 36.7 Å². The minimum Gasteiger partial charge on any atom is -0.483 e. The molecular formula is C14H16N8O4. The first-order valence-corrected chi connectivity index (χ1v) is 7.65. The zero-order valence-corrected chi connectivity index (χ0v) is 13.8. The van der Waals surface area contributed by atoms with Crippen LogP contribution in [0.3, 0.4) is 0 Å². The van der Waals surface area contributed by atoms with Gasteiger partial charge in [-0.25, -0.2) is 4.68 Å². The summed E-state index contributed by atoms with van der Waals surface area (Å²) in [7, 11) is 1.75. The van der Waals surface area contributed by atoms with Crippen molar-refractivity contribution in [1.29, 1.82) is 0 Å². The number of rotatable bonds is 2. The van der Waals surface area contributed by atoms with Crippen LogP contribution in [0.1, 0.15) is 22.3 Å². The molecule has 0 aromatic carbocycles. The second-order valence-electron chi connectivity index (χ2n) is 5.36. The topological polar surface area (TPSA) is 141 Å². The summed E-state index contributed by atoms with van der Waals surface area (Å²) >= 11 is 0. The molecule has 4 heterocycles. The van der Waals surface area contributed by atoms with Crippen molar-refractivity contribution in [3.8, 4) is 0 Å². The van der Waals surface area contributed by atoms with E-state index in [1.807, 2.05) is 0 Å². The number of carbonyl (C=O) groups is 2. The highest BCUT2D eigenvalue weighted by Crippen LogP contribution is 2.21. The van der Waals surface area contributed by atoms with Crippen LogP contribution in [0.25, 0.3) is 5.65 Å². The summed E-state index contributed by atoms with van der Waals surface area (Å²) in [5.41, 5.74) is 1.06. The Bertz CT molecular complexity index is 907. The van der Waals surface area contributed by atoms with E-state index >= 15 is 0 Å².